The molecule has 0 radical (unpaired) electrons. The van der Waals surface area contributed by atoms with E-state index in [0.717, 1.165) is 11.3 Å². The lowest BCUT2D eigenvalue weighted by atomic mass is 10.1. The summed E-state index contributed by atoms with van der Waals surface area (Å²) in [6.45, 7) is 7.89. The molecule has 0 atom stereocenters. The molecule has 6 heteroatoms. The normalized spacial score (nSPS) is 10.9. The van der Waals surface area contributed by atoms with Crippen LogP contribution in [0, 0.1) is 19.7 Å². The van der Waals surface area contributed by atoms with E-state index in [1.54, 1.807) is 23.7 Å². The molecule has 0 spiro atoms. The van der Waals surface area contributed by atoms with Gasteiger partial charge in [-0.1, -0.05) is 18.2 Å². The van der Waals surface area contributed by atoms with Gasteiger partial charge in [-0.05, 0) is 58.0 Å². The van der Waals surface area contributed by atoms with Crippen LogP contribution in [-0.4, -0.2) is 21.8 Å². The maximum atomic E-state index is 13.2. The molecule has 146 valence electrons. The van der Waals surface area contributed by atoms with Crippen molar-refractivity contribution in [3.05, 3.63) is 76.9 Å². The first-order valence-electron chi connectivity index (χ1n) is 9.21. The minimum absolute atomic E-state index is 0.0512. The number of carbonyl (C=O) groups excluding carboxylic acids is 1. The molecule has 3 aromatic rings. The molecule has 1 N–H and O–H groups in total. The van der Waals surface area contributed by atoms with Crippen molar-refractivity contribution in [2.75, 3.05) is 0 Å². The quantitative estimate of drug-likeness (QED) is 0.691. The predicted octanol–water partition coefficient (Wildman–Crippen LogP) is 4.35. The third kappa shape index (κ3) is 4.22. The van der Waals surface area contributed by atoms with Gasteiger partial charge in [-0.15, -0.1) is 0 Å². The Morgan fingerprint density at radius 3 is 2.50 bits per heavy atom. The predicted molar refractivity (Wildman–Crippen MR) is 106 cm³/mol. The number of aromatic nitrogens is 2. The fourth-order valence-corrected chi connectivity index (χ4v) is 3.09. The summed E-state index contributed by atoms with van der Waals surface area (Å²) in [5, 5.41) is 7.40. The zero-order valence-electron chi connectivity index (χ0n) is 16.5. The number of halogens is 1. The summed E-state index contributed by atoms with van der Waals surface area (Å²) in [6, 6.07) is 13.7. The summed E-state index contributed by atoms with van der Waals surface area (Å²) >= 11 is 0. The van der Waals surface area contributed by atoms with Crippen molar-refractivity contribution in [3.63, 3.8) is 0 Å². The number of amides is 1. The summed E-state index contributed by atoms with van der Waals surface area (Å²) in [5.41, 5.74) is 3.45. The molecule has 1 aromatic heterocycles. The van der Waals surface area contributed by atoms with Gasteiger partial charge in [0.15, 0.2) is 0 Å². The van der Waals surface area contributed by atoms with E-state index in [4.69, 9.17) is 4.74 Å². The summed E-state index contributed by atoms with van der Waals surface area (Å²) in [4.78, 5) is 12.8. The van der Waals surface area contributed by atoms with E-state index in [1.807, 2.05) is 45.0 Å². The maximum absolute atomic E-state index is 13.2. The van der Waals surface area contributed by atoms with Gasteiger partial charge in [0.1, 0.15) is 11.6 Å². The largest absolute Gasteiger partial charge is 0.491 e. The number of nitrogens with one attached hydrogen (secondary N) is 1. The van der Waals surface area contributed by atoms with Gasteiger partial charge >= 0.3 is 0 Å². The number of benzene rings is 2. The molecule has 1 heterocycles. The van der Waals surface area contributed by atoms with E-state index in [-0.39, 0.29) is 17.8 Å². The average Bonchev–Trinajstić information content (AvgIpc) is 2.95. The monoisotopic (exact) mass is 381 g/mol. The average molecular weight is 381 g/mol. The summed E-state index contributed by atoms with van der Waals surface area (Å²) < 4.78 is 20.6. The van der Waals surface area contributed by atoms with Gasteiger partial charge in [-0.25, -0.2) is 9.07 Å². The smallest absolute Gasteiger partial charge is 0.255 e. The minimum Gasteiger partial charge on any atom is -0.491 e. The molecule has 0 unspecified atom stereocenters. The number of carbonyl (C=O) groups is 1. The molecular weight excluding hydrogens is 357 g/mol. The second kappa shape index (κ2) is 8.25. The lowest BCUT2D eigenvalue weighted by Crippen LogP contribution is -2.24. The maximum Gasteiger partial charge on any atom is 0.255 e. The fraction of sp³-hybridized carbons (Fsp3) is 0.273. The molecule has 0 aliphatic heterocycles. The number of para-hydroxylation sites is 1. The van der Waals surface area contributed by atoms with E-state index < -0.39 is 0 Å². The highest BCUT2D eigenvalue weighted by Gasteiger charge is 2.19. The van der Waals surface area contributed by atoms with Crippen LogP contribution in [0.15, 0.2) is 48.5 Å². The first kappa shape index (κ1) is 19.6. The molecule has 0 aliphatic rings. The van der Waals surface area contributed by atoms with E-state index in [2.05, 4.69) is 10.4 Å². The first-order chi connectivity index (χ1) is 13.4. The zero-order valence-corrected chi connectivity index (χ0v) is 16.5. The Kier molecular flexibility index (Phi) is 5.78. The molecule has 3 rings (SSSR count). The van der Waals surface area contributed by atoms with E-state index in [1.165, 1.54) is 12.1 Å². The molecule has 28 heavy (non-hydrogen) atoms. The molecule has 0 saturated carbocycles. The van der Waals surface area contributed by atoms with Crippen molar-refractivity contribution in [1.29, 1.82) is 0 Å². The number of hydrogen-bond donors (Lipinski definition) is 1. The van der Waals surface area contributed by atoms with Crippen molar-refractivity contribution >= 4 is 5.91 Å². The second-order valence-corrected chi connectivity index (χ2v) is 6.89. The van der Waals surface area contributed by atoms with E-state index >= 15 is 0 Å². The van der Waals surface area contributed by atoms with Crippen LogP contribution >= 0.6 is 0 Å². The number of ether oxygens (including phenoxy) is 1. The highest BCUT2D eigenvalue weighted by atomic mass is 19.1. The third-order valence-electron chi connectivity index (χ3n) is 4.36. The van der Waals surface area contributed by atoms with Crippen LogP contribution in [0.25, 0.3) is 5.69 Å². The van der Waals surface area contributed by atoms with Gasteiger partial charge in [0.2, 0.25) is 0 Å². The van der Waals surface area contributed by atoms with Gasteiger partial charge in [0, 0.05) is 12.1 Å². The highest BCUT2D eigenvalue weighted by molar-refractivity contribution is 5.96. The van der Waals surface area contributed by atoms with Crippen LogP contribution in [-0.2, 0) is 6.54 Å². The van der Waals surface area contributed by atoms with Gasteiger partial charge < -0.3 is 10.1 Å². The lowest BCUT2D eigenvalue weighted by Gasteiger charge is -2.14. The highest BCUT2D eigenvalue weighted by Crippen LogP contribution is 2.21. The Bertz CT molecular complexity index is 978. The number of aryl methyl sites for hydroxylation is 1. The van der Waals surface area contributed by atoms with Crippen molar-refractivity contribution in [3.8, 4) is 11.4 Å². The standard InChI is InChI=1S/C22H24FN3O2/c1-14(2)28-20-8-6-5-7-17(20)13-24-22(27)21-15(3)25-26(16(21)4)19-11-9-18(23)10-12-19/h5-12,14H,13H2,1-4H3,(H,24,27). The number of hydrogen-bond acceptors (Lipinski definition) is 3. The van der Waals surface area contributed by atoms with Gasteiger partial charge in [-0.2, -0.15) is 5.10 Å². The third-order valence-corrected chi connectivity index (χ3v) is 4.36. The first-order valence-corrected chi connectivity index (χ1v) is 9.21. The molecule has 5 nitrogen and oxygen atoms in total. The van der Waals surface area contributed by atoms with Crippen molar-refractivity contribution < 1.29 is 13.9 Å². The van der Waals surface area contributed by atoms with Crippen LogP contribution in [0.3, 0.4) is 0 Å². The Morgan fingerprint density at radius 2 is 1.82 bits per heavy atom. The topological polar surface area (TPSA) is 56.2 Å². The second-order valence-electron chi connectivity index (χ2n) is 6.89. The number of rotatable bonds is 6. The molecule has 1 amide bonds. The minimum atomic E-state index is -0.314. The molecule has 0 bridgehead atoms. The molecule has 0 fully saturated rings. The van der Waals surface area contributed by atoms with Crippen LogP contribution < -0.4 is 10.1 Å². The van der Waals surface area contributed by atoms with Crippen LogP contribution in [0.1, 0.15) is 41.2 Å². The summed E-state index contributed by atoms with van der Waals surface area (Å²) in [7, 11) is 0. The van der Waals surface area contributed by atoms with Crippen LogP contribution in [0.5, 0.6) is 5.75 Å². The van der Waals surface area contributed by atoms with Gasteiger partial charge in [0.05, 0.1) is 28.7 Å². The van der Waals surface area contributed by atoms with E-state index in [0.29, 0.717) is 29.2 Å². The Morgan fingerprint density at radius 1 is 1.14 bits per heavy atom. The van der Waals surface area contributed by atoms with Crippen molar-refractivity contribution in [2.45, 2.75) is 40.3 Å². The molecule has 2 aromatic carbocycles. The Labute approximate surface area is 164 Å². The van der Waals surface area contributed by atoms with Gasteiger partial charge in [-0.3, -0.25) is 4.79 Å². The molecular formula is C22H24FN3O2. The van der Waals surface area contributed by atoms with Crippen LogP contribution in [0.2, 0.25) is 0 Å². The zero-order chi connectivity index (χ0) is 20.3. The molecule has 0 aliphatic carbocycles. The van der Waals surface area contributed by atoms with Crippen molar-refractivity contribution in [1.82, 2.24) is 15.1 Å². The Balaban J connectivity index is 1.80. The Hall–Kier alpha value is -3.15. The molecule has 0 saturated heterocycles. The van der Waals surface area contributed by atoms with Crippen LogP contribution in [0.4, 0.5) is 4.39 Å². The van der Waals surface area contributed by atoms with Gasteiger partial charge in [0.25, 0.3) is 5.91 Å². The SMILES string of the molecule is Cc1nn(-c2ccc(F)cc2)c(C)c1C(=O)NCc1ccccc1OC(C)C. The van der Waals surface area contributed by atoms with Crippen molar-refractivity contribution in [2.24, 2.45) is 0 Å². The fourth-order valence-electron chi connectivity index (χ4n) is 3.09. The number of nitrogens with zero attached hydrogens (tertiary/aromatic N) is 2. The summed E-state index contributed by atoms with van der Waals surface area (Å²) in [6.07, 6.45) is 0.0512. The van der Waals surface area contributed by atoms with E-state index in [9.17, 15) is 9.18 Å². The lowest BCUT2D eigenvalue weighted by molar-refractivity contribution is 0.0949. The summed E-state index contributed by atoms with van der Waals surface area (Å²) in [5.74, 6) is 0.237.